The summed E-state index contributed by atoms with van der Waals surface area (Å²) < 4.78 is 0. The minimum absolute atomic E-state index is 0.0261. The van der Waals surface area contributed by atoms with Gasteiger partial charge in [0.05, 0.1) is 12.1 Å². The van der Waals surface area contributed by atoms with Crippen molar-refractivity contribution in [2.75, 3.05) is 10.6 Å². The van der Waals surface area contributed by atoms with Crippen molar-refractivity contribution in [3.05, 3.63) is 22.7 Å². The van der Waals surface area contributed by atoms with E-state index < -0.39 is 0 Å². The molecule has 2 aromatic heterocycles. The molecule has 0 aromatic carbocycles. The maximum Gasteiger partial charge on any atom is 0.232 e. The quantitative estimate of drug-likeness (QED) is 0.886. The standard InChI is InChI=1S/C12H12N4O2S2/c17-9(15-11-13-3-4-19-11)5-8-6-20-12(14-8)16-10(18)7-1-2-7/h3-4,6-7H,1-2,5H2,(H,13,15,17)(H,14,16,18). The fraction of sp³-hybridized carbons (Fsp3) is 0.333. The summed E-state index contributed by atoms with van der Waals surface area (Å²) in [5.74, 6) is 0.0130. The molecule has 0 aliphatic heterocycles. The van der Waals surface area contributed by atoms with Gasteiger partial charge in [0.1, 0.15) is 0 Å². The number of hydrogen-bond donors (Lipinski definition) is 2. The Hall–Kier alpha value is -1.80. The van der Waals surface area contributed by atoms with Gasteiger partial charge in [-0.3, -0.25) is 9.59 Å². The molecule has 2 aromatic rings. The van der Waals surface area contributed by atoms with E-state index in [4.69, 9.17) is 0 Å². The van der Waals surface area contributed by atoms with E-state index in [1.807, 2.05) is 0 Å². The second-order valence-corrected chi connectivity index (χ2v) is 6.22. The highest BCUT2D eigenvalue weighted by molar-refractivity contribution is 7.14. The minimum atomic E-state index is -0.162. The average molecular weight is 308 g/mol. The highest BCUT2D eigenvalue weighted by Crippen LogP contribution is 2.30. The van der Waals surface area contributed by atoms with Crippen LogP contribution in [0.25, 0.3) is 0 Å². The lowest BCUT2D eigenvalue weighted by atomic mass is 10.3. The SMILES string of the molecule is O=C(Cc1csc(NC(=O)C2CC2)n1)Nc1nccs1. The Kier molecular flexibility index (Phi) is 3.75. The molecule has 3 rings (SSSR count). The first kappa shape index (κ1) is 13.2. The van der Waals surface area contributed by atoms with Crippen LogP contribution in [0.4, 0.5) is 10.3 Å². The van der Waals surface area contributed by atoms with Crippen LogP contribution in [0.15, 0.2) is 17.0 Å². The fourth-order valence-electron chi connectivity index (χ4n) is 1.61. The molecule has 2 N–H and O–H groups in total. The number of carbonyl (C=O) groups excluding carboxylic acids is 2. The molecule has 1 fully saturated rings. The first-order chi connectivity index (χ1) is 9.70. The predicted molar refractivity (Wildman–Crippen MR) is 77.9 cm³/mol. The van der Waals surface area contributed by atoms with Gasteiger partial charge >= 0.3 is 0 Å². The van der Waals surface area contributed by atoms with Gasteiger partial charge in [-0.2, -0.15) is 0 Å². The van der Waals surface area contributed by atoms with Crippen LogP contribution in [0.5, 0.6) is 0 Å². The van der Waals surface area contributed by atoms with Crippen molar-refractivity contribution in [1.29, 1.82) is 0 Å². The van der Waals surface area contributed by atoms with Crippen LogP contribution in [0.3, 0.4) is 0 Å². The molecule has 8 heteroatoms. The molecule has 2 heterocycles. The van der Waals surface area contributed by atoms with Gasteiger partial charge in [-0.1, -0.05) is 0 Å². The molecule has 0 spiro atoms. The Labute approximate surface area is 123 Å². The fourth-order valence-corrected chi connectivity index (χ4v) is 2.87. The lowest BCUT2D eigenvalue weighted by molar-refractivity contribution is -0.117. The van der Waals surface area contributed by atoms with Crippen LogP contribution in [0.1, 0.15) is 18.5 Å². The zero-order valence-corrected chi connectivity index (χ0v) is 12.1. The zero-order valence-electron chi connectivity index (χ0n) is 10.5. The molecule has 1 aliphatic rings. The van der Waals surface area contributed by atoms with Crippen molar-refractivity contribution >= 4 is 44.8 Å². The van der Waals surface area contributed by atoms with E-state index in [1.165, 1.54) is 22.7 Å². The van der Waals surface area contributed by atoms with Crippen molar-refractivity contribution in [3.8, 4) is 0 Å². The number of aromatic nitrogens is 2. The summed E-state index contributed by atoms with van der Waals surface area (Å²) in [6.07, 6.45) is 3.73. The molecular formula is C12H12N4O2S2. The summed E-state index contributed by atoms with van der Waals surface area (Å²) in [5.41, 5.74) is 0.648. The van der Waals surface area contributed by atoms with Gasteiger partial charge in [-0.25, -0.2) is 9.97 Å². The Morgan fingerprint density at radius 1 is 1.25 bits per heavy atom. The lowest BCUT2D eigenvalue weighted by Crippen LogP contribution is -2.15. The number of carbonyl (C=O) groups is 2. The smallest absolute Gasteiger partial charge is 0.232 e. The van der Waals surface area contributed by atoms with Crippen molar-refractivity contribution in [1.82, 2.24) is 9.97 Å². The Morgan fingerprint density at radius 3 is 2.80 bits per heavy atom. The molecule has 0 saturated heterocycles. The van der Waals surface area contributed by atoms with Crippen LogP contribution in [0, 0.1) is 5.92 Å². The highest BCUT2D eigenvalue weighted by Gasteiger charge is 2.30. The minimum Gasteiger partial charge on any atom is -0.302 e. The monoisotopic (exact) mass is 308 g/mol. The van der Waals surface area contributed by atoms with Gasteiger partial charge in [0.25, 0.3) is 0 Å². The normalized spacial score (nSPS) is 14.0. The van der Waals surface area contributed by atoms with Crippen molar-refractivity contribution in [2.45, 2.75) is 19.3 Å². The van der Waals surface area contributed by atoms with E-state index in [1.54, 1.807) is 17.0 Å². The molecule has 2 amide bonds. The van der Waals surface area contributed by atoms with Gasteiger partial charge in [0.15, 0.2) is 10.3 Å². The Bertz CT molecular complexity index is 619. The van der Waals surface area contributed by atoms with E-state index in [2.05, 4.69) is 20.6 Å². The summed E-state index contributed by atoms with van der Waals surface area (Å²) in [6, 6.07) is 0. The number of nitrogens with zero attached hydrogens (tertiary/aromatic N) is 2. The van der Waals surface area contributed by atoms with E-state index in [9.17, 15) is 9.59 Å². The summed E-state index contributed by atoms with van der Waals surface area (Å²) in [7, 11) is 0. The van der Waals surface area contributed by atoms with Crippen LogP contribution < -0.4 is 10.6 Å². The second-order valence-electron chi connectivity index (χ2n) is 4.47. The maximum atomic E-state index is 11.8. The summed E-state index contributed by atoms with van der Waals surface area (Å²) >= 11 is 2.70. The van der Waals surface area contributed by atoms with Crippen molar-refractivity contribution in [3.63, 3.8) is 0 Å². The van der Waals surface area contributed by atoms with Crippen LogP contribution in [-0.4, -0.2) is 21.8 Å². The van der Waals surface area contributed by atoms with Crippen LogP contribution in [-0.2, 0) is 16.0 Å². The first-order valence-electron chi connectivity index (χ1n) is 6.15. The third-order valence-electron chi connectivity index (χ3n) is 2.75. The number of thiazole rings is 2. The largest absolute Gasteiger partial charge is 0.302 e. The highest BCUT2D eigenvalue weighted by atomic mass is 32.1. The van der Waals surface area contributed by atoms with Gasteiger partial charge < -0.3 is 10.6 Å². The van der Waals surface area contributed by atoms with Gasteiger partial charge in [0.2, 0.25) is 11.8 Å². The number of anilines is 2. The van der Waals surface area contributed by atoms with Gasteiger partial charge in [0, 0.05) is 22.9 Å². The topological polar surface area (TPSA) is 84.0 Å². The molecule has 1 saturated carbocycles. The molecule has 104 valence electrons. The number of amides is 2. The van der Waals surface area contributed by atoms with E-state index in [0.29, 0.717) is 16.0 Å². The molecule has 6 nitrogen and oxygen atoms in total. The molecule has 0 radical (unpaired) electrons. The molecule has 20 heavy (non-hydrogen) atoms. The lowest BCUT2D eigenvalue weighted by Gasteiger charge is -1.99. The third-order valence-corrected chi connectivity index (χ3v) is 4.25. The molecule has 0 bridgehead atoms. The maximum absolute atomic E-state index is 11.8. The number of rotatable bonds is 5. The van der Waals surface area contributed by atoms with Crippen molar-refractivity contribution < 1.29 is 9.59 Å². The molecule has 0 atom stereocenters. The van der Waals surface area contributed by atoms with E-state index in [0.717, 1.165) is 12.8 Å². The van der Waals surface area contributed by atoms with Gasteiger partial charge in [-0.05, 0) is 12.8 Å². The molecule has 0 unspecified atom stereocenters. The molecule has 1 aliphatic carbocycles. The van der Waals surface area contributed by atoms with Crippen molar-refractivity contribution in [2.24, 2.45) is 5.92 Å². The number of nitrogens with one attached hydrogen (secondary N) is 2. The third kappa shape index (κ3) is 3.40. The van der Waals surface area contributed by atoms with E-state index >= 15 is 0 Å². The predicted octanol–water partition coefficient (Wildman–Crippen LogP) is 2.13. The average Bonchev–Trinajstić information content (AvgIpc) is 2.99. The Morgan fingerprint density at radius 2 is 2.10 bits per heavy atom. The number of hydrogen-bond acceptors (Lipinski definition) is 6. The van der Waals surface area contributed by atoms with Gasteiger partial charge in [-0.15, -0.1) is 22.7 Å². The Balaban J connectivity index is 1.53. The van der Waals surface area contributed by atoms with E-state index in [-0.39, 0.29) is 24.2 Å². The summed E-state index contributed by atoms with van der Waals surface area (Å²) in [4.78, 5) is 31.6. The summed E-state index contributed by atoms with van der Waals surface area (Å²) in [6.45, 7) is 0. The van der Waals surface area contributed by atoms with Crippen LogP contribution >= 0.6 is 22.7 Å². The zero-order chi connectivity index (χ0) is 13.9. The first-order valence-corrected chi connectivity index (χ1v) is 7.91. The van der Waals surface area contributed by atoms with Crippen LogP contribution in [0.2, 0.25) is 0 Å². The molecular weight excluding hydrogens is 296 g/mol. The summed E-state index contributed by atoms with van der Waals surface area (Å²) in [5, 5.41) is 10.2. The second kappa shape index (κ2) is 5.68.